The quantitative estimate of drug-likeness (QED) is 0.169. The molecule has 1 aromatic carbocycles. The van der Waals surface area contributed by atoms with Gasteiger partial charge >= 0.3 is 0 Å². The van der Waals surface area contributed by atoms with E-state index in [9.17, 15) is 19.2 Å². The molecule has 2 aromatic rings. The molecular formula is C39H62N6O6S2. The molecule has 3 rings (SSSR count). The van der Waals surface area contributed by atoms with Gasteiger partial charge in [-0.3, -0.25) is 24.1 Å². The van der Waals surface area contributed by atoms with Crippen molar-refractivity contribution in [1.82, 2.24) is 30.3 Å². The van der Waals surface area contributed by atoms with Crippen LogP contribution in [-0.4, -0.2) is 122 Å². The molecule has 1 aliphatic heterocycles. The van der Waals surface area contributed by atoms with Crippen molar-refractivity contribution in [3.05, 3.63) is 52.0 Å². The molecule has 1 saturated heterocycles. The van der Waals surface area contributed by atoms with Crippen LogP contribution < -0.4 is 10.6 Å². The Morgan fingerprint density at radius 3 is 2.28 bits per heavy atom. The molecule has 0 spiro atoms. The Labute approximate surface area is 326 Å². The normalized spacial score (nSPS) is 18.2. The van der Waals surface area contributed by atoms with Crippen LogP contribution >= 0.6 is 24.0 Å². The smallest absolute Gasteiger partial charge is 0.242 e. The molecule has 4 amide bonds. The average Bonchev–Trinajstić information content (AvgIpc) is 3.87. The number of nitrogens with one attached hydrogen (secondary N) is 2. The fourth-order valence-electron chi connectivity index (χ4n) is 6.95. The van der Waals surface area contributed by atoms with Gasteiger partial charge in [-0.15, -0.1) is 11.3 Å². The van der Waals surface area contributed by atoms with Gasteiger partial charge in [0.05, 0.1) is 54.8 Å². The van der Waals surface area contributed by atoms with Crippen molar-refractivity contribution in [2.24, 2.45) is 11.8 Å². The van der Waals surface area contributed by atoms with Crippen LogP contribution in [-0.2, 0) is 40.8 Å². The third kappa shape index (κ3) is 11.5. The minimum absolute atomic E-state index is 0.00661. The maximum absolute atomic E-state index is 14.1. The van der Waals surface area contributed by atoms with Gasteiger partial charge in [0.1, 0.15) is 5.01 Å². The number of benzene rings is 1. The highest BCUT2D eigenvalue weighted by molar-refractivity contribution is 7.79. The topological polar surface area (TPSA) is 133 Å². The number of likely N-dealkylation sites (tertiary alicyclic amines) is 1. The summed E-state index contributed by atoms with van der Waals surface area (Å²) in [5.74, 6) is -0.706. The van der Waals surface area contributed by atoms with E-state index in [2.05, 4.69) is 40.4 Å². The molecule has 0 saturated carbocycles. The fraction of sp³-hybridized carbons (Fsp3) is 0.667. The fourth-order valence-corrected chi connectivity index (χ4v) is 7.85. The molecule has 53 heavy (non-hydrogen) atoms. The van der Waals surface area contributed by atoms with Gasteiger partial charge in [0.15, 0.2) is 0 Å². The van der Waals surface area contributed by atoms with Crippen molar-refractivity contribution < 1.29 is 28.7 Å². The lowest BCUT2D eigenvalue weighted by molar-refractivity contribution is -0.146. The number of nitrogens with zero attached hydrogens (tertiary/aromatic N) is 4. The number of rotatable bonds is 20. The summed E-state index contributed by atoms with van der Waals surface area (Å²) in [4.78, 5) is 64.1. The molecule has 2 N–H and O–H groups in total. The van der Waals surface area contributed by atoms with Gasteiger partial charge in [0, 0.05) is 45.1 Å². The first kappa shape index (κ1) is 44.4. The SMILES string of the molecule is CCC(C)C(C(CC(=O)N1CCC[C@H]1C(OC)C(C)C(=O)N[C@@H](Cc1ccc(CS)cc1)c1nccs1)OC)N(C)C(=O)CNC(=O)C(C)(C)N(C)C. The minimum atomic E-state index is -0.789. The maximum Gasteiger partial charge on any atom is 0.242 e. The summed E-state index contributed by atoms with van der Waals surface area (Å²) in [5, 5.41) is 8.73. The highest BCUT2D eigenvalue weighted by Gasteiger charge is 2.42. The zero-order valence-electron chi connectivity index (χ0n) is 33.3. The Morgan fingerprint density at radius 2 is 1.74 bits per heavy atom. The number of amides is 4. The molecule has 12 nitrogen and oxygen atoms in total. The summed E-state index contributed by atoms with van der Waals surface area (Å²) < 4.78 is 12.0. The van der Waals surface area contributed by atoms with Crippen molar-refractivity contribution in [1.29, 1.82) is 0 Å². The van der Waals surface area contributed by atoms with E-state index in [-0.39, 0.29) is 54.6 Å². The monoisotopic (exact) mass is 774 g/mol. The van der Waals surface area contributed by atoms with E-state index >= 15 is 0 Å². The molecule has 1 fully saturated rings. The number of likely N-dealkylation sites (N-methyl/N-ethyl adjacent to an activating group) is 2. The molecule has 1 aliphatic rings. The summed E-state index contributed by atoms with van der Waals surface area (Å²) in [5.41, 5.74) is 1.41. The standard InChI is InChI=1S/C39H62N6O6S2/c1-11-25(2)34(44(8)33(47)23-41-38(49)39(4,5)43(6)7)31(50-9)22-32(46)45-19-12-13-30(45)35(51-10)26(3)36(48)42-29(37-40-18-20-53-37)21-27-14-16-28(24-52)17-15-27/h14-18,20,25-26,29-31,34-35,52H,11-13,19,21-24H2,1-10H3,(H,41,49)(H,42,48)/t25?,26?,29-,30-,31?,34?,35?/m0/s1. The Bertz CT molecular complexity index is 1470. The molecule has 7 atom stereocenters. The average molecular weight is 775 g/mol. The number of hydrogen-bond acceptors (Lipinski definition) is 10. The second kappa shape index (κ2) is 20.6. The molecular weight excluding hydrogens is 713 g/mol. The van der Waals surface area contributed by atoms with Gasteiger partial charge in [0.2, 0.25) is 23.6 Å². The Kier molecular flexibility index (Phi) is 17.2. The van der Waals surface area contributed by atoms with Crippen molar-refractivity contribution in [3.8, 4) is 0 Å². The second-order valence-corrected chi connectivity index (χ2v) is 16.1. The van der Waals surface area contributed by atoms with E-state index in [0.29, 0.717) is 25.1 Å². The zero-order valence-corrected chi connectivity index (χ0v) is 35.0. The number of ether oxygens (including phenoxy) is 2. The highest BCUT2D eigenvalue weighted by atomic mass is 32.1. The molecule has 296 valence electrons. The van der Waals surface area contributed by atoms with E-state index in [1.807, 2.05) is 57.3 Å². The molecule has 0 aliphatic carbocycles. The van der Waals surface area contributed by atoms with Crippen LogP contribution in [0.25, 0.3) is 0 Å². The van der Waals surface area contributed by atoms with Crippen LogP contribution in [0.4, 0.5) is 0 Å². The van der Waals surface area contributed by atoms with E-state index in [1.165, 1.54) is 11.3 Å². The molecule has 14 heteroatoms. The molecule has 5 unspecified atom stereocenters. The van der Waals surface area contributed by atoms with Crippen molar-refractivity contribution in [2.45, 2.75) is 108 Å². The number of methoxy groups -OCH3 is 2. The van der Waals surface area contributed by atoms with Gasteiger partial charge in [-0.05, 0) is 64.3 Å². The minimum Gasteiger partial charge on any atom is -0.379 e. The lowest BCUT2D eigenvalue weighted by atomic mass is 9.90. The number of aromatic nitrogens is 1. The Morgan fingerprint density at radius 1 is 1.08 bits per heavy atom. The van der Waals surface area contributed by atoms with Crippen molar-refractivity contribution in [2.75, 3.05) is 48.5 Å². The third-order valence-corrected chi connectivity index (χ3v) is 12.3. The molecule has 1 aromatic heterocycles. The summed E-state index contributed by atoms with van der Waals surface area (Å²) >= 11 is 5.86. The lowest BCUT2D eigenvalue weighted by Crippen LogP contribution is -2.56. The molecule has 0 bridgehead atoms. The number of hydrogen-bond donors (Lipinski definition) is 3. The van der Waals surface area contributed by atoms with Crippen LogP contribution in [0.1, 0.15) is 82.5 Å². The number of thiazole rings is 1. The number of carbonyl (C=O) groups is 4. The first-order valence-corrected chi connectivity index (χ1v) is 20.1. The van der Waals surface area contributed by atoms with Crippen molar-refractivity contribution in [3.63, 3.8) is 0 Å². The Hall–Kier alpha value is -3.04. The van der Waals surface area contributed by atoms with Crippen LogP contribution in [0.3, 0.4) is 0 Å². The lowest BCUT2D eigenvalue weighted by Gasteiger charge is -2.39. The second-order valence-electron chi connectivity index (χ2n) is 14.9. The van der Waals surface area contributed by atoms with E-state index in [0.717, 1.165) is 29.0 Å². The van der Waals surface area contributed by atoms with Gasteiger partial charge < -0.3 is 29.9 Å². The van der Waals surface area contributed by atoms with Crippen LogP contribution in [0.15, 0.2) is 35.8 Å². The van der Waals surface area contributed by atoms with Gasteiger partial charge in [0.25, 0.3) is 0 Å². The predicted octanol–water partition coefficient (Wildman–Crippen LogP) is 4.35. The van der Waals surface area contributed by atoms with Gasteiger partial charge in [-0.2, -0.15) is 12.6 Å². The first-order chi connectivity index (χ1) is 25.1. The maximum atomic E-state index is 14.1. The third-order valence-electron chi connectivity index (χ3n) is 11.1. The summed E-state index contributed by atoms with van der Waals surface area (Å²) in [7, 11) is 8.48. The molecule has 0 radical (unpaired) electrons. The van der Waals surface area contributed by atoms with Crippen LogP contribution in [0.2, 0.25) is 0 Å². The highest BCUT2D eigenvalue weighted by Crippen LogP contribution is 2.30. The Balaban J connectivity index is 1.73. The predicted molar refractivity (Wildman–Crippen MR) is 213 cm³/mol. The number of thiol groups is 1. The summed E-state index contributed by atoms with van der Waals surface area (Å²) in [6.45, 7) is 9.88. The van der Waals surface area contributed by atoms with Crippen LogP contribution in [0, 0.1) is 11.8 Å². The zero-order chi connectivity index (χ0) is 39.5. The van der Waals surface area contributed by atoms with E-state index in [1.54, 1.807) is 51.1 Å². The van der Waals surface area contributed by atoms with Gasteiger partial charge in [-0.25, -0.2) is 4.98 Å². The first-order valence-electron chi connectivity index (χ1n) is 18.6. The van der Waals surface area contributed by atoms with Crippen LogP contribution in [0.5, 0.6) is 0 Å². The van der Waals surface area contributed by atoms with Gasteiger partial charge in [-0.1, -0.05) is 51.5 Å². The number of carbonyl (C=O) groups excluding carboxylic acids is 4. The van der Waals surface area contributed by atoms with E-state index in [4.69, 9.17) is 9.47 Å². The van der Waals surface area contributed by atoms with E-state index < -0.39 is 29.7 Å². The van der Waals surface area contributed by atoms with Crippen molar-refractivity contribution >= 4 is 47.6 Å². The summed E-state index contributed by atoms with van der Waals surface area (Å²) in [6.07, 6.45) is 3.47. The largest absolute Gasteiger partial charge is 0.379 e. The summed E-state index contributed by atoms with van der Waals surface area (Å²) in [6, 6.07) is 7.15. The molecule has 2 heterocycles.